The van der Waals surface area contributed by atoms with Gasteiger partial charge in [-0.25, -0.2) is 4.99 Å². The number of hydrogen-bond acceptors (Lipinski definition) is 3. The monoisotopic (exact) mass is 362 g/mol. The summed E-state index contributed by atoms with van der Waals surface area (Å²) in [4.78, 5) is 4.68. The van der Waals surface area contributed by atoms with Crippen LogP contribution in [0, 0.1) is 0 Å². The third-order valence-electron chi connectivity index (χ3n) is 3.96. The van der Waals surface area contributed by atoms with Gasteiger partial charge in [0, 0.05) is 30.6 Å². The number of aromatic nitrogens is 3. The lowest BCUT2D eigenvalue weighted by Gasteiger charge is -2.17. The third kappa shape index (κ3) is 6.38. The molecule has 0 saturated heterocycles. The van der Waals surface area contributed by atoms with Gasteiger partial charge in [-0.3, -0.25) is 0 Å². The summed E-state index contributed by atoms with van der Waals surface area (Å²) in [7, 11) is 0. The van der Waals surface area contributed by atoms with Crippen LogP contribution in [0.1, 0.15) is 38.6 Å². The Bertz CT molecular complexity index is 682. The van der Waals surface area contributed by atoms with Gasteiger partial charge in [-0.2, -0.15) is 0 Å². The molecule has 1 atom stereocenters. The van der Waals surface area contributed by atoms with Crippen molar-refractivity contribution in [2.45, 2.75) is 52.7 Å². The minimum absolute atomic E-state index is 0.353. The molecule has 2 aromatic rings. The molecule has 0 aliphatic heterocycles. The summed E-state index contributed by atoms with van der Waals surface area (Å²) >= 11 is 6.04. The van der Waals surface area contributed by atoms with Crippen LogP contribution in [0.2, 0.25) is 5.02 Å². The van der Waals surface area contributed by atoms with Crippen LogP contribution >= 0.6 is 11.6 Å². The van der Waals surface area contributed by atoms with E-state index in [1.54, 1.807) is 6.33 Å². The molecule has 25 heavy (non-hydrogen) atoms. The first kappa shape index (κ1) is 19.2. The third-order valence-corrected chi connectivity index (χ3v) is 4.20. The molecular formula is C18H27ClN6. The van der Waals surface area contributed by atoms with Gasteiger partial charge >= 0.3 is 0 Å². The molecule has 1 aromatic heterocycles. The van der Waals surface area contributed by atoms with E-state index in [0.717, 1.165) is 48.3 Å². The smallest absolute Gasteiger partial charge is 0.191 e. The second kappa shape index (κ2) is 10.0. The molecule has 1 unspecified atom stereocenters. The average Bonchev–Trinajstić information content (AvgIpc) is 3.07. The van der Waals surface area contributed by atoms with Gasteiger partial charge in [-0.15, -0.1) is 10.2 Å². The number of halogens is 1. The Balaban J connectivity index is 1.96. The van der Waals surface area contributed by atoms with E-state index in [1.807, 2.05) is 24.3 Å². The van der Waals surface area contributed by atoms with Gasteiger partial charge in [0.25, 0.3) is 0 Å². The van der Waals surface area contributed by atoms with E-state index < -0.39 is 0 Å². The fraction of sp³-hybridized carbons (Fsp3) is 0.500. The second-order valence-electron chi connectivity index (χ2n) is 5.97. The first-order valence-electron chi connectivity index (χ1n) is 8.78. The van der Waals surface area contributed by atoms with Gasteiger partial charge in [0.15, 0.2) is 5.96 Å². The maximum atomic E-state index is 6.04. The molecule has 1 aromatic carbocycles. The number of guanidine groups is 1. The molecule has 0 aliphatic rings. The van der Waals surface area contributed by atoms with Crippen LogP contribution in [-0.4, -0.2) is 33.3 Å². The number of rotatable bonds is 8. The maximum Gasteiger partial charge on any atom is 0.191 e. The molecule has 2 N–H and O–H groups in total. The van der Waals surface area contributed by atoms with Crippen molar-refractivity contribution < 1.29 is 0 Å². The van der Waals surface area contributed by atoms with Crippen LogP contribution in [0.15, 0.2) is 35.6 Å². The highest BCUT2D eigenvalue weighted by molar-refractivity contribution is 6.30. The number of nitrogens with zero attached hydrogens (tertiary/aromatic N) is 4. The fourth-order valence-corrected chi connectivity index (χ4v) is 2.54. The standard InChI is InChI=1S/C18H27ClN6/c1-4-14(3)23-18(21-12-15-7-6-8-16(19)11-15)20-9-10-25-13-22-24-17(25)5-2/h6-8,11,13-14H,4-5,9-10,12H2,1-3H3,(H2,20,21,23). The Morgan fingerprint density at radius 1 is 1.36 bits per heavy atom. The summed E-state index contributed by atoms with van der Waals surface area (Å²) in [5.41, 5.74) is 1.09. The van der Waals surface area contributed by atoms with E-state index in [0.29, 0.717) is 12.6 Å². The summed E-state index contributed by atoms with van der Waals surface area (Å²) in [5.74, 6) is 1.80. The highest BCUT2D eigenvalue weighted by atomic mass is 35.5. The first-order valence-corrected chi connectivity index (χ1v) is 9.16. The van der Waals surface area contributed by atoms with Crippen LogP contribution in [0.4, 0.5) is 0 Å². The van der Waals surface area contributed by atoms with E-state index in [4.69, 9.17) is 11.6 Å². The Labute approximate surface area is 154 Å². The summed E-state index contributed by atoms with van der Waals surface area (Å²) < 4.78 is 2.06. The van der Waals surface area contributed by atoms with Gasteiger partial charge < -0.3 is 15.2 Å². The maximum absolute atomic E-state index is 6.04. The highest BCUT2D eigenvalue weighted by Gasteiger charge is 2.05. The molecule has 7 heteroatoms. The Morgan fingerprint density at radius 2 is 2.20 bits per heavy atom. The molecule has 0 spiro atoms. The quantitative estimate of drug-likeness (QED) is 0.559. The van der Waals surface area contributed by atoms with Crippen molar-refractivity contribution in [2.75, 3.05) is 6.54 Å². The minimum atomic E-state index is 0.353. The van der Waals surface area contributed by atoms with Gasteiger partial charge in [0.1, 0.15) is 12.2 Å². The second-order valence-corrected chi connectivity index (χ2v) is 6.41. The normalized spacial score (nSPS) is 12.9. The molecule has 136 valence electrons. The lowest BCUT2D eigenvalue weighted by molar-refractivity contribution is 0.599. The SMILES string of the molecule is CCc1nncn1CCNC(=NCc1cccc(Cl)c1)NC(C)CC. The van der Waals surface area contributed by atoms with Crippen LogP contribution in [0.5, 0.6) is 0 Å². The van der Waals surface area contributed by atoms with Gasteiger partial charge in [0.2, 0.25) is 0 Å². The van der Waals surface area contributed by atoms with Crippen LogP contribution in [0.25, 0.3) is 0 Å². The molecule has 0 fully saturated rings. The van der Waals surface area contributed by atoms with E-state index >= 15 is 0 Å². The van der Waals surface area contributed by atoms with E-state index in [-0.39, 0.29) is 0 Å². The lowest BCUT2D eigenvalue weighted by atomic mass is 10.2. The van der Waals surface area contributed by atoms with Gasteiger partial charge in [-0.1, -0.05) is 37.6 Å². The van der Waals surface area contributed by atoms with Crippen molar-refractivity contribution in [3.8, 4) is 0 Å². The summed E-state index contributed by atoms with van der Waals surface area (Å²) in [6.07, 6.45) is 3.68. The topological polar surface area (TPSA) is 67.1 Å². The number of aryl methyl sites for hydroxylation is 1. The number of benzene rings is 1. The zero-order valence-electron chi connectivity index (χ0n) is 15.2. The fourth-order valence-electron chi connectivity index (χ4n) is 2.33. The van der Waals surface area contributed by atoms with E-state index in [2.05, 4.69) is 51.2 Å². The van der Waals surface area contributed by atoms with Crippen LogP contribution in [-0.2, 0) is 19.5 Å². The molecule has 0 aliphatic carbocycles. The lowest BCUT2D eigenvalue weighted by Crippen LogP contribution is -2.43. The van der Waals surface area contributed by atoms with E-state index in [1.165, 1.54) is 0 Å². The molecule has 0 amide bonds. The number of hydrogen-bond donors (Lipinski definition) is 2. The average molecular weight is 363 g/mol. The van der Waals surface area contributed by atoms with Gasteiger partial charge in [-0.05, 0) is 31.0 Å². The largest absolute Gasteiger partial charge is 0.355 e. The molecule has 1 heterocycles. The molecular weight excluding hydrogens is 336 g/mol. The van der Waals surface area contributed by atoms with Crippen molar-refractivity contribution >= 4 is 17.6 Å². The Morgan fingerprint density at radius 3 is 2.92 bits per heavy atom. The highest BCUT2D eigenvalue weighted by Crippen LogP contribution is 2.11. The van der Waals surface area contributed by atoms with E-state index in [9.17, 15) is 0 Å². The van der Waals surface area contributed by atoms with Gasteiger partial charge in [0.05, 0.1) is 6.54 Å². The molecule has 2 rings (SSSR count). The Hall–Kier alpha value is -2.08. The minimum Gasteiger partial charge on any atom is -0.355 e. The summed E-state index contributed by atoms with van der Waals surface area (Å²) in [6.45, 7) is 8.51. The zero-order chi connectivity index (χ0) is 18.1. The zero-order valence-corrected chi connectivity index (χ0v) is 15.9. The van der Waals surface area contributed by atoms with Crippen molar-refractivity contribution in [2.24, 2.45) is 4.99 Å². The summed E-state index contributed by atoms with van der Waals surface area (Å²) in [6, 6.07) is 8.14. The van der Waals surface area contributed by atoms with Crippen LogP contribution < -0.4 is 10.6 Å². The first-order chi connectivity index (χ1) is 12.1. The van der Waals surface area contributed by atoms with Crippen molar-refractivity contribution in [1.82, 2.24) is 25.4 Å². The van der Waals surface area contributed by atoms with Crippen molar-refractivity contribution in [3.63, 3.8) is 0 Å². The molecule has 0 radical (unpaired) electrons. The van der Waals surface area contributed by atoms with Crippen LogP contribution in [0.3, 0.4) is 0 Å². The predicted molar refractivity (Wildman–Crippen MR) is 103 cm³/mol. The summed E-state index contributed by atoms with van der Waals surface area (Å²) in [5, 5.41) is 15.6. The Kier molecular flexibility index (Phi) is 7.73. The predicted octanol–water partition coefficient (Wildman–Crippen LogP) is 3.03. The molecule has 6 nitrogen and oxygen atoms in total. The number of aliphatic imine (C=N–C) groups is 1. The molecule has 0 saturated carbocycles. The van der Waals surface area contributed by atoms with Crippen molar-refractivity contribution in [3.05, 3.63) is 47.0 Å². The van der Waals surface area contributed by atoms with Crippen molar-refractivity contribution in [1.29, 1.82) is 0 Å². The number of nitrogens with one attached hydrogen (secondary N) is 2. The molecule has 0 bridgehead atoms.